The van der Waals surface area contributed by atoms with E-state index in [1.807, 2.05) is 13.0 Å². The van der Waals surface area contributed by atoms with Gasteiger partial charge in [-0.15, -0.1) is 0 Å². The van der Waals surface area contributed by atoms with Crippen LogP contribution in [0.5, 0.6) is 0 Å². The molecule has 0 aromatic heterocycles. The van der Waals surface area contributed by atoms with Crippen molar-refractivity contribution in [3.05, 3.63) is 12.2 Å². The first-order chi connectivity index (χ1) is 21.1. The standard InChI is InChI=1S/C36H71NO2.Na.H2O4S.H/c1-4-6-8-10-12-14-16-18-19-21-23-25-27-29-31-33-36(39)37-34(3)35(38)32-30-28-26-24-22-20-17-15-13-11-9-7-5-2;;1-5(2,3)4;/h30,32,34-35,38H,4-29,31,33H2,1-3H3,(H,37,39);;(H2,1,2,3,4);. The van der Waals surface area contributed by atoms with Gasteiger partial charge in [0, 0.05) is 6.42 Å². The molecule has 0 saturated carbocycles. The molecule has 0 rings (SSSR count). The second-order valence-corrected chi connectivity index (χ2v) is 13.6. The first-order valence-corrected chi connectivity index (χ1v) is 19.8. The molecule has 0 bridgehead atoms. The minimum absolute atomic E-state index is 0. The van der Waals surface area contributed by atoms with Crippen LogP contribution < -0.4 is 5.32 Å². The van der Waals surface area contributed by atoms with Gasteiger partial charge in [0.05, 0.1) is 12.1 Å². The molecule has 0 aliphatic carbocycles. The number of hydrogen-bond donors (Lipinski definition) is 4. The number of unbranched alkanes of at least 4 members (excludes halogenated alkanes) is 25. The molecule has 0 saturated heterocycles. The summed E-state index contributed by atoms with van der Waals surface area (Å²) >= 11 is 0. The fourth-order valence-electron chi connectivity index (χ4n) is 5.40. The van der Waals surface area contributed by atoms with E-state index in [1.54, 1.807) is 0 Å². The summed E-state index contributed by atoms with van der Waals surface area (Å²) in [6.45, 7) is 6.46. The molecule has 0 aliphatic heterocycles. The average Bonchev–Trinajstić information content (AvgIpc) is 2.96. The van der Waals surface area contributed by atoms with Gasteiger partial charge in [0.25, 0.3) is 0 Å². The number of aliphatic hydroxyl groups excluding tert-OH is 1. The molecule has 4 N–H and O–H groups in total. The van der Waals surface area contributed by atoms with Crippen molar-refractivity contribution >= 4 is 45.9 Å². The molecule has 0 heterocycles. The van der Waals surface area contributed by atoms with Gasteiger partial charge in [0.15, 0.2) is 0 Å². The van der Waals surface area contributed by atoms with E-state index >= 15 is 0 Å². The minimum atomic E-state index is -4.67. The number of nitrogens with one attached hydrogen (secondary N) is 1. The predicted molar refractivity (Wildman–Crippen MR) is 195 cm³/mol. The summed E-state index contributed by atoms with van der Waals surface area (Å²) in [4.78, 5) is 12.2. The van der Waals surface area contributed by atoms with E-state index in [9.17, 15) is 9.90 Å². The van der Waals surface area contributed by atoms with Gasteiger partial charge >= 0.3 is 40.0 Å². The molecule has 7 nitrogen and oxygen atoms in total. The van der Waals surface area contributed by atoms with E-state index in [0.29, 0.717) is 6.42 Å². The molecule has 1 amide bonds. The molecule has 0 spiro atoms. The Kier molecular flexibility index (Phi) is 42.3. The molecular weight excluding hydrogens is 597 g/mol. The van der Waals surface area contributed by atoms with Crippen molar-refractivity contribution in [2.45, 2.75) is 213 Å². The van der Waals surface area contributed by atoms with Crippen LogP contribution in [0.25, 0.3) is 0 Å². The van der Waals surface area contributed by atoms with Gasteiger partial charge in [0.1, 0.15) is 0 Å². The Morgan fingerprint density at radius 2 is 0.889 bits per heavy atom. The van der Waals surface area contributed by atoms with Gasteiger partial charge in [0.2, 0.25) is 5.91 Å². The number of amides is 1. The van der Waals surface area contributed by atoms with E-state index in [2.05, 4.69) is 25.2 Å². The predicted octanol–water partition coefficient (Wildman–Crippen LogP) is 10.1. The van der Waals surface area contributed by atoms with Crippen molar-refractivity contribution in [2.24, 2.45) is 0 Å². The summed E-state index contributed by atoms with van der Waals surface area (Å²) in [5, 5.41) is 13.3. The fraction of sp³-hybridized carbons (Fsp3) is 0.917. The number of allylic oxidation sites excluding steroid dienone is 1. The Hall–Kier alpha value is 0.0400. The molecule has 0 aliphatic rings. The zero-order valence-electron chi connectivity index (χ0n) is 29.1. The van der Waals surface area contributed by atoms with Crippen LogP contribution in [0, 0.1) is 0 Å². The topological polar surface area (TPSA) is 124 Å². The Balaban J connectivity index is -0.00000270. The second kappa shape index (κ2) is 38.5. The Morgan fingerprint density at radius 1 is 0.600 bits per heavy atom. The molecule has 0 aromatic carbocycles. The van der Waals surface area contributed by atoms with Crippen molar-refractivity contribution in [3.8, 4) is 0 Å². The number of rotatable bonds is 31. The third-order valence-corrected chi connectivity index (χ3v) is 8.22. The Morgan fingerprint density at radius 3 is 1.22 bits per heavy atom. The van der Waals surface area contributed by atoms with Crippen molar-refractivity contribution < 1.29 is 27.4 Å². The van der Waals surface area contributed by atoms with Gasteiger partial charge < -0.3 is 10.4 Å². The van der Waals surface area contributed by atoms with E-state index in [-0.39, 0.29) is 41.5 Å². The summed E-state index contributed by atoms with van der Waals surface area (Å²) in [6.07, 6.45) is 39.9. The number of aliphatic hydroxyl groups is 1. The van der Waals surface area contributed by atoms with Crippen LogP contribution in [0.1, 0.15) is 201 Å². The van der Waals surface area contributed by atoms with Gasteiger partial charge in [-0.05, 0) is 26.2 Å². The fourth-order valence-corrected chi connectivity index (χ4v) is 5.40. The molecule has 9 heteroatoms. The van der Waals surface area contributed by atoms with Crippen LogP contribution in [-0.2, 0) is 15.2 Å². The molecular formula is C36H74NNaO6S. The summed E-state index contributed by atoms with van der Waals surface area (Å²) in [5.74, 6) is 0.0787. The first-order valence-electron chi connectivity index (χ1n) is 18.5. The molecule has 2 unspecified atom stereocenters. The molecule has 0 radical (unpaired) electrons. The maximum absolute atomic E-state index is 12.2. The Bertz CT molecular complexity index is 727. The monoisotopic (exact) mass is 672 g/mol. The van der Waals surface area contributed by atoms with E-state index in [1.165, 1.54) is 154 Å². The molecule has 45 heavy (non-hydrogen) atoms. The van der Waals surface area contributed by atoms with E-state index < -0.39 is 16.5 Å². The van der Waals surface area contributed by atoms with Crippen molar-refractivity contribution in [1.82, 2.24) is 5.32 Å². The van der Waals surface area contributed by atoms with Crippen LogP contribution in [0.3, 0.4) is 0 Å². The van der Waals surface area contributed by atoms with E-state index in [0.717, 1.165) is 19.3 Å². The molecule has 266 valence electrons. The molecule has 0 aromatic rings. The maximum atomic E-state index is 12.2. The molecule has 0 fully saturated rings. The number of carbonyl (C=O) groups excluding carboxylic acids is 1. The average molecular weight is 672 g/mol. The summed E-state index contributed by atoms with van der Waals surface area (Å²) < 4.78 is 31.6. The van der Waals surface area contributed by atoms with Gasteiger partial charge in [-0.2, -0.15) is 8.42 Å². The summed E-state index contributed by atoms with van der Waals surface area (Å²) in [5.41, 5.74) is 0. The zero-order valence-corrected chi connectivity index (χ0v) is 29.9. The zero-order chi connectivity index (χ0) is 33.2. The van der Waals surface area contributed by atoms with Gasteiger partial charge in [-0.1, -0.05) is 180 Å². The second-order valence-electron chi connectivity index (χ2n) is 12.7. The van der Waals surface area contributed by atoms with Crippen LogP contribution in [-0.4, -0.2) is 70.2 Å². The van der Waals surface area contributed by atoms with Crippen LogP contribution in [0.2, 0.25) is 0 Å². The SMILES string of the molecule is CCCCCCCCCCCCCC=CC(O)C(C)NC(=O)CCCCCCCCCCCCCCCCC.O=S(=O)(O)O.[NaH]. The third kappa shape index (κ3) is 48.5. The number of hydrogen-bond acceptors (Lipinski definition) is 4. The van der Waals surface area contributed by atoms with Crippen molar-refractivity contribution in [3.63, 3.8) is 0 Å². The number of carbonyl (C=O) groups is 1. The van der Waals surface area contributed by atoms with E-state index in [4.69, 9.17) is 17.5 Å². The van der Waals surface area contributed by atoms with Crippen molar-refractivity contribution in [2.75, 3.05) is 0 Å². The van der Waals surface area contributed by atoms with Crippen LogP contribution in [0.4, 0.5) is 0 Å². The van der Waals surface area contributed by atoms with Gasteiger partial charge in [-0.3, -0.25) is 13.9 Å². The first kappa shape index (κ1) is 49.4. The Labute approximate surface area is 301 Å². The quantitative estimate of drug-likeness (QED) is 0.0252. The third-order valence-electron chi connectivity index (χ3n) is 8.22. The summed E-state index contributed by atoms with van der Waals surface area (Å²) in [7, 11) is -4.67. The van der Waals surface area contributed by atoms with Crippen molar-refractivity contribution in [1.29, 1.82) is 0 Å². The normalized spacial score (nSPS) is 12.8. The van der Waals surface area contributed by atoms with Gasteiger partial charge in [-0.25, -0.2) is 0 Å². The van der Waals surface area contributed by atoms with Crippen LogP contribution in [0.15, 0.2) is 12.2 Å². The summed E-state index contributed by atoms with van der Waals surface area (Å²) in [6, 6.07) is -0.220. The van der Waals surface area contributed by atoms with Crippen LogP contribution >= 0.6 is 0 Å². The molecule has 2 atom stereocenters.